The standard InChI is InChI=1S/C20H19Cl2N3O2/c1-2-25-19(18(22)11-24-25)12-23-20(26)15-8-6-14(7-9-15)13-27-17-5-3-4-16(21)10-17/h3-11H,2,12-13H2,1H3,(H,23,26). The van der Waals surface area contributed by atoms with Gasteiger partial charge in [-0.05, 0) is 42.8 Å². The van der Waals surface area contributed by atoms with Crippen LogP contribution in [0, 0.1) is 0 Å². The van der Waals surface area contributed by atoms with Crippen LogP contribution in [-0.4, -0.2) is 15.7 Å². The van der Waals surface area contributed by atoms with Crippen LogP contribution in [0.3, 0.4) is 0 Å². The van der Waals surface area contributed by atoms with Crippen molar-refractivity contribution in [1.82, 2.24) is 15.1 Å². The number of aromatic nitrogens is 2. The van der Waals surface area contributed by atoms with Crippen LogP contribution in [0.4, 0.5) is 0 Å². The lowest BCUT2D eigenvalue weighted by Crippen LogP contribution is -2.24. The number of hydrogen-bond acceptors (Lipinski definition) is 3. The van der Waals surface area contributed by atoms with Gasteiger partial charge in [-0.15, -0.1) is 0 Å². The number of carbonyl (C=O) groups excluding carboxylic acids is 1. The fourth-order valence-electron chi connectivity index (χ4n) is 2.58. The van der Waals surface area contributed by atoms with Crippen LogP contribution >= 0.6 is 23.2 Å². The van der Waals surface area contributed by atoms with E-state index in [1.165, 1.54) is 0 Å². The fraction of sp³-hybridized carbons (Fsp3) is 0.200. The third-order valence-electron chi connectivity index (χ3n) is 4.03. The quantitative estimate of drug-likeness (QED) is 0.620. The van der Waals surface area contributed by atoms with Crippen LogP contribution in [0.15, 0.2) is 54.7 Å². The number of carbonyl (C=O) groups is 1. The zero-order valence-electron chi connectivity index (χ0n) is 14.8. The first-order valence-electron chi connectivity index (χ1n) is 8.52. The molecule has 3 aromatic rings. The molecule has 0 saturated heterocycles. The highest BCUT2D eigenvalue weighted by Crippen LogP contribution is 2.19. The molecule has 1 aromatic heterocycles. The van der Waals surface area contributed by atoms with Gasteiger partial charge in [-0.2, -0.15) is 5.10 Å². The number of aryl methyl sites for hydroxylation is 1. The maximum Gasteiger partial charge on any atom is 0.251 e. The summed E-state index contributed by atoms with van der Waals surface area (Å²) in [6.07, 6.45) is 1.58. The van der Waals surface area contributed by atoms with Gasteiger partial charge >= 0.3 is 0 Å². The third kappa shape index (κ3) is 5.02. The van der Waals surface area contributed by atoms with E-state index in [0.29, 0.717) is 41.1 Å². The first kappa shape index (κ1) is 19.3. The average Bonchev–Trinajstić information content (AvgIpc) is 3.04. The van der Waals surface area contributed by atoms with Crippen molar-refractivity contribution in [3.63, 3.8) is 0 Å². The van der Waals surface area contributed by atoms with Crippen molar-refractivity contribution in [2.45, 2.75) is 26.6 Å². The number of benzene rings is 2. The second-order valence-electron chi connectivity index (χ2n) is 5.88. The molecule has 0 radical (unpaired) electrons. The molecule has 0 aliphatic rings. The molecule has 0 aliphatic heterocycles. The van der Waals surface area contributed by atoms with Crippen LogP contribution in [-0.2, 0) is 19.7 Å². The lowest BCUT2D eigenvalue weighted by molar-refractivity contribution is 0.0950. The number of hydrogen-bond donors (Lipinski definition) is 1. The topological polar surface area (TPSA) is 56.2 Å². The lowest BCUT2D eigenvalue weighted by Gasteiger charge is -2.09. The van der Waals surface area contributed by atoms with Gasteiger partial charge < -0.3 is 10.1 Å². The zero-order chi connectivity index (χ0) is 19.2. The van der Waals surface area contributed by atoms with Crippen molar-refractivity contribution in [3.05, 3.63) is 81.6 Å². The van der Waals surface area contributed by atoms with Crippen molar-refractivity contribution in [2.24, 2.45) is 0 Å². The van der Waals surface area contributed by atoms with Crippen molar-refractivity contribution < 1.29 is 9.53 Å². The molecular formula is C20H19Cl2N3O2. The van der Waals surface area contributed by atoms with Gasteiger partial charge in [-0.3, -0.25) is 9.48 Å². The van der Waals surface area contributed by atoms with E-state index in [1.54, 1.807) is 35.1 Å². The molecule has 1 heterocycles. The van der Waals surface area contributed by atoms with Crippen LogP contribution in [0.1, 0.15) is 28.5 Å². The Morgan fingerprint density at radius 2 is 1.96 bits per heavy atom. The molecule has 0 atom stereocenters. The van der Waals surface area contributed by atoms with E-state index in [2.05, 4.69) is 10.4 Å². The molecule has 2 aromatic carbocycles. The van der Waals surface area contributed by atoms with E-state index in [4.69, 9.17) is 27.9 Å². The van der Waals surface area contributed by atoms with Crippen LogP contribution in [0.5, 0.6) is 5.75 Å². The number of nitrogens with zero attached hydrogens (tertiary/aromatic N) is 2. The minimum Gasteiger partial charge on any atom is -0.489 e. The summed E-state index contributed by atoms with van der Waals surface area (Å²) >= 11 is 12.1. The Bertz CT molecular complexity index is 923. The monoisotopic (exact) mass is 403 g/mol. The number of rotatable bonds is 7. The number of ether oxygens (including phenoxy) is 1. The molecule has 1 N–H and O–H groups in total. The molecule has 0 fully saturated rings. The number of amides is 1. The summed E-state index contributed by atoms with van der Waals surface area (Å²) in [4.78, 5) is 12.3. The summed E-state index contributed by atoms with van der Waals surface area (Å²) in [7, 11) is 0. The Hall–Kier alpha value is -2.50. The van der Waals surface area contributed by atoms with Gasteiger partial charge in [0, 0.05) is 17.1 Å². The summed E-state index contributed by atoms with van der Waals surface area (Å²) in [6.45, 7) is 3.39. The van der Waals surface area contributed by atoms with E-state index in [9.17, 15) is 4.79 Å². The third-order valence-corrected chi connectivity index (χ3v) is 4.58. The highest BCUT2D eigenvalue weighted by Gasteiger charge is 2.11. The smallest absolute Gasteiger partial charge is 0.251 e. The van der Waals surface area contributed by atoms with E-state index in [1.807, 2.05) is 31.2 Å². The molecule has 7 heteroatoms. The summed E-state index contributed by atoms with van der Waals surface area (Å²) in [6, 6.07) is 14.5. The minimum absolute atomic E-state index is 0.169. The summed E-state index contributed by atoms with van der Waals surface area (Å²) < 4.78 is 7.46. The fourth-order valence-corrected chi connectivity index (χ4v) is 2.97. The maximum atomic E-state index is 12.3. The Morgan fingerprint density at radius 3 is 2.67 bits per heavy atom. The van der Waals surface area contributed by atoms with E-state index < -0.39 is 0 Å². The summed E-state index contributed by atoms with van der Waals surface area (Å²) in [5.74, 6) is 0.533. The molecule has 1 amide bonds. The Morgan fingerprint density at radius 1 is 1.19 bits per heavy atom. The average molecular weight is 404 g/mol. The lowest BCUT2D eigenvalue weighted by atomic mass is 10.1. The van der Waals surface area contributed by atoms with Gasteiger partial charge in [0.1, 0.15) is 12.4 Å². The SMILES string of the molecule is CCn1ncc(Cl)c1CNC(=O)c1ccc(COc2cccc(Cl)c2)cc1. The zero-order valence-corrected chi connectivity index (χ0v) is 16.3. The minimum atomic E-state index is -0.169. The predicted molar refractivity (Wildman–Crippen MR) is 106 cm³/mol. The molecule has 0 saturated carbocycles. The second kappa shape index (κ2) is 8.93. The van der Waals surface area contributed by atoms with Gasteiger partial charge in [-0.25, -0.2) is 0 Å². The molecule has 5 nitrogen and oxygen atoms in total. The molecule has 3 rings (SSSR count). The largest absolute Gasteiger partial charge is 0.489 e. The Kier molecular flexibility index (Phi) is 6.37. The maximum absolute atomic E-state index is 12.3. The van der Waals surface area contributed by atoms with E-state index >= 15 is 0 Å². The molecule has 0 bridgehead atoms. The summed E-state index contributed by atoms with van der Waals surface area (Å²) in [5.41, 5.74) is 2.32. The summed E-state index contributed by atoms with van der Waals surface area (Å²) in [5, 5.41) is 8.20. The van der Waals surface area contributed by atoms with Crippen molar-refractivity contribution in [1.29, 1.82) is 0 Å². The van der Waals surface area contributed by atoms with Gasteiger partial charge in [0.25, 0.3) is 5.91 Å². The van der Waals surface area contributed by atoms with Gasteiger partial charge in [0.05, 0.1) is 23.5 Å². The van der Waals surface area contributed by atoms with Crippen molar-refractivity contribution in [3.8, 4) is 5.75 Å². The van der Waals surface area contributed by atoms with E-state index in [-0.39, 0.29) is 5.91 Å². The number of nitrogens with one attached hydrogen (secondary N) is 1. The molecule has 27 heavy (non-hydrogen) atoms. The molecule has 0 spiro atoms. The highest BCUT2D eigenvalue weighted by atomic mass is 35.5. The molecule has 140 valence electrons. The Balaban J connectivity index is 1.56. The van der Waals surface area contributed by atoms with Crippen LogP contribution < -0.4 is 10.1 Å². The van der Waals surface area contributed by atoms with Crippen molar-refractivity contribution >= 4 is 29.1 Å². The van der Waals surface area contributed by atoms with Gasteiger partial charge in [0.2, 0.25) is 0 Å². The second-order valence-corrected chi connectivity index (χ2v) is 6.72. The van der Waals surface area contributed by atoms with Crippen LogP contribution in [0.2, 0.25) is 10.0 Å². The highest BCUT2D eigenvalue weighted by molar-refractivity contribution is 6.31. The Labute approximate surface area is 167 Å². The van der Waals surface area contributed by atoms with Gasteiger partial charge in [-0.1, -0.05) is 41.4 Å². The first-order valence-corrected chi connectivity index (χ1v) is 9.28. The van der Waals surface area contributed by atoms with Gasteiger partial charge in [0.15, 0.2) is 0 Å². The molecule has 0 aliphatic carbocycles. The first-order chi connectivity index (χ1) is 13.1. The van der Waals surface area contributed by atoms with E-state index in [0.717, 1.165) is 11.3 Å². The normalized spacial score (nSPS) is 10.6. The van der Waals surface area contributed by atoms with Crippen LogP contribution in [0.25, 0.3) is 0 Å². The number of halogens is 2. The molecular weight excluding hydrogens is 385 g/mol. The predicted octanol–water partition coefficient (Wildman–Crippen LogP) is 4.72. The van der Waals surface area contributed by atoms with Crippen molar-refractivity contribution in [2.75, 3.05) is 0 Å². The molecule has 0 unspecified atom stereocenters.